The van der Waals surface area contributed by atoms with Gasteiger partial charge in [0.15, 0.2) is 0 Å². The lowest BCUT2D eigenvalue weighted by molar-refractivity contribution is 0.0726. The molecule has 3 N–H and O–H groups in total. The zero-order chi connectivity index (χ0) is 10.8. The van der Waals surface area contributed by atoms with E-state index in [4.69, 9.17) is 5.73 Å². The Labute approximate surface area is 88.8 Å². The molecule has 2 heterocycles. The molecule has 0 unspecified atom stereocenters. The van der Waals surface area contributed by atoms with Crippen LogP contribution in [0.5, 0.6) is 0 Å². The van der Waals surface area contributed by atoms with E-state index >= 15 is 0 Å². The Hall–Kier alpha value is -1.49. The Balaban J connectivity index is 2.16. The van der Waals surface area contributed by atoms with E-state index in [1.165, 1.54) is 0 Å². The molecule has 2 rings (SSSR count). The van der Waals surface area contributed by atoms with Gasteiger partial charge >= 0.3 is 0 Å². The van der Waals surface area contributed by atoms with Crippen molar-refractivity contribution in [2.45, 2.75) is 0 Å². The van der Waals surface area contributed by atoms with Gasteiger partial charge in [-0.3, -0.25) is 4.79 Å². The van der Waals surface area contributed by atoms with Crippen molar-refractivity contribution in [2.75, 3.05) is 31.9 Å². The van der Waals surface area contributed by atoms with Crippen LogP contribution in [0.3, 0.4) is 0 Å². The Morgan fingerprint density at radius 3 is 2.67 bits per heavy atom. The second kappa shape index (κ2) is 3.94. The molecule has 1 saturated heterocycles. The number of hydrogen-bond donors (Lipinski definition) is 2. The summed E-state index contributed by atoms with van der Waals surface area (Å²) in [5, 5.41) is 3.22. The number of carbonyl (C=O) groups is 1. The molecular weight excluding hydrogens is 192 g/mol. The maximum Gasteiger partial charge on any atom is 0.270 e. The lowest BCUT2D eigenvalue weighted by Crippen LogP contribution is -2.46. The van der Waals surface area contributed by atoms with Crippen LogP contribution >= 0.6 is 0 Å². The molecule has 0 aromatic carbocycles. The van der Waals surface area contributed by atoms with E-state index in [9.17, 15) is 4.79 Å². The zero-order valence-electron chi connectivity index (χ0n) is 8.86. The molecular formula is C10H16N4O. The highest BCUT2D eigenvalue weighted by Gasteiger charge is 2.20. The molecule has 0 bridgehead atoms. The fraction of sp³-hybridized carbons (Fsp3) is 0.500. The monoisotopic (exact) mass is 208 g/mol. The molecule has 0 spiro atoms. The smallest absolute Gasteiger partial charge is 0.270 e. The standard InChI is InChI=1S/C10H16N4O/c1-13-7-8(11)6-9(13)10(15)14-4-2-12-3-5-14/h6-7,12H,2-5,11H2,1H3. The molecule has 1 fully saturated rings. The summed E-state index contributed by atoms with van der Waals surface area (Å²) < 4.78 is 1.78. The minimum Gasteiger partial charge on any atom is -0.397 e. The number of anilines is 1. The van der Waals surface area contributed by atoms with Crippen molar-refractivity contribution in [3.8, 4) is 0 Å². The second-order valence-corrected chi connectivity index (χ2v) is 3.81. The van der Waals surface area contributed by atoms with Crippen LogP contribution in [0.15, 0.2) is 12.3 Å². The molecule has 0 radical (unpaired) electrons. The van der Waals surface area contributed by atoms with Gasteiger partial charge in [-0.1, -0.05) is 0 Å². The van der Waals surface area contributed by atoms with Gasteiger partial charge in [0.1, 0.15) is 5.69 Å². The van der Waals surface area contributed by atoms with Crippen molar-refractivity contribution < 1.29 is 4.79 Å². The molecule has 1 aromatic rings. The SMILES string of the molecule is Cn1cc(N)cc1C(=O)N1CCNCC1. The topological polar surface area (TPSA) is 63.3 Å². The van der Waals surface area contributed by atoms with Gasteiger partial charge in [0.25, 0.3) is 5.91 Å². The predicted octanol–water partition coefficient (Wildman–Crippen LogP) is -0.347. The summed E-state index contributed by atoms with van der Waals surface area (Å²) in [4.78, 5) is 13.9. The molecule has 82 valence electrons. The van der Waals surface area contributed by atoms with E-state index in [0.717, 1.165) is 26.2 Å². The first-order valence-electron chi connectivity index (χ1n) is 5.10. The number of nitrogens with zero attached hydrogens (tertiary/aromatic N) is 2. The van der Waals surface area contributed by atoms with Crippen molar-refractivity contribution in [1.29, 1.82) is 0 Å². The Morgan fingerprint density at radius 1 is 1.47 bits per heavy atom. The van der Waals surface area contributed by atoms with Gasteiger partial charge in [-0.15, -0.1) is 0 Å². The lowest BCUT2D eigenvalue weighted by atomic mass is 10.3. The first-order valence-corrected chi connectivity index (χ1v) is 5.10. The third kappa shape index (κ3) is 1.97. The van der Waals surface area contributed by atoms with Crippen LogP contribution < -0.4 is 11.1 Å². The number of nitrogen functional groups attached to an aromatic ring is 1. The minimum atomic E-state index is 0.0655. The van der Waals surface area contributed by atoms with Crippen LogP contribution in [0, 0.1) is 0 Å². The Bertz CT molecular complexity index is 365. The lowest BCUT2D eigenvalue weighted by Gasteiger charge is -2.27. The van der Waals surface area contributed by atoms with Gasteiger partial charge in [0.05, 0.1) is 5.69 Å². The Morgan fingerprint density at radius 2 is 2.13 bits per heavy atom. The normalized spacial score (nSPS) is 16.7. The zero-order valence-corrected chi connectivity index (χ0v) is 8.86. The van der Waals surface area contributed by atoms with E-state index in [1.54, 1.807) is 16.8 Å². The van der Waals surface area contributed by atoms with Crippen molar-refractivity contribution in [2.24, 2.45) is 7.05 Å². The van der Waals surface area contributed by atoms with Crippen LogP contribution in [0.4, 0.5) is 5.69 Å². The number of nitrogens with two attached hydrogens (primary N) is 1. The van der Waals surface area contributed by atoms with Crippen LogP contribution in [0.2, 0.25) is 0 Å². The third-order valence-corrected chi connectivity index (χ3v) is 2.65. The molecule has 5 heteroatoms. The van der Waals surface area contributed by atoms with Crippen molar-refractivity contribution in [1.82, 2.24) is 14.8 Å². The van der Waals surface area contributed by atoms with E-state index < -0.39 is 0 Å². The van der Waals surface area contributed by atoms with Crippen LogP contribution in [-0.4, -0.2) is 41.6 Å². The van der Waals surface area contributed by atoms with E-state index in [2.05, 4.69) is 5.32 Å². The quantitative estimate of drug-likeness (QED) is 0.663. The van der Waals surface area contributed by atoms with Gasteiger partial charge in [-0.25, -0.2) is 0 Å². The fourth-order valence-electron chi connectivity index (χ4n) is 1.83. The number of carbonyl (C=O) groups excluding carboxylic acids is 1. The Kier molecular flexibility index (Phi) is 2.64. The highest BCUT2D eigenvalue weighted by Crippen LogP contribution is 2.11. The van der Waals surface area contributed by atoms with Crippen molar-refractivity contribution >= 4 is 11.6 Å². The van der Waals surface area contributed by atoms with E-state index in [-0.39, 0.29) is 5.91 Å². The largest absolute Gasteiger partial charge is 0.397 e. The number of hydrogen-bond acceptors (Lipinski definition) is 3. The van der Waals surface area contributed by atoms with Crippen LogP contribution in [0.1, 0.15) is 10.5 Å². The van der Waals surface area contributed by atoms with Gasteiger partial charge in [0.2, 0.25) is 0 Å². The summed E-state index contributed by atoms with van der Waals surface area (Å²) in [6, 6.07) is 1.73. The van der Waals surface area contributed by atoms with Crippen LogP contribution in [-0.2, 0) is 7.05 Å². The van der Waals surface area contributed by atoms with Gasteiger partial charge in [-0.05, 0) is 6.07 Å². The second-order valence-electron chi connectivity index (χ2n) is 3.81. The number of amides is 1. The van der Waals surface area contributed by atoms with Gasteiger partial charge < -0.3 is 20.5 Å². The van der Waals surface area contributed by atoms with Crippen molar-refractivity contribution in [3.05, 3.63) is 18.0 Å². The molecule has 15 heavy (non-hydrogen) atoms. The molecule has 1 aliphatic rings. The molecule has 1 aromatic heterocycles. The maximum absolute atomic E-state index is 12.1. The number of piperazine rings is 1. The van der Waals surface area contributed by atoms with Gasteiger partial charge in [0, 0.05) is 39.4 Å². The minimum absolute atomic E-state index is 0.0655. The summed E-state index contributed by atoms with van der Waals surface area (Å²) >= 11 is 0. The first kappa shape index (κ1) is 10.0. The average Bonchev–Trinajstić information content (AvgIpc) is 2.58. The highest BCUT2D eigenvalue weighted by molar-refractivity contribution is 5.93. The summed E-state index contributed by atoms with van der Waals surface area (Å²) in [6.45, 7) is 3.27. The number of rotatable bonds is 1. The van der Waals surface area contributed by atoms with Crippen LogP contribution in [0.25, 0.3) is 0 Å². The maximum atomic E-state index is 12.1. The fourth-order valence-corrected chi connectivity index (χ4v) is 1.83. The predicted molar refractivity (Wildman–Crippen MR) is 58.6 cm³/mol. The molecule has 0 aliphatic carbocycles. The highest BCUT2D eigenvalue weighted by atomic mass is 16.2. The number of aryl methyl sites for hydroxylation is 1. The summed E-state index contributed by atoms with van der Waals surface area (Å²) in [7, 11) is 1.84. The molecule has 0 atom stereocenters. The number of aromatic nitrogens is 1. The summed E-state index contributed by atoms with van der Waals surface area (Å²) in [6.07, 6.45) is 1.76. The molecule has 0 saturated carbocycles. The number of nitrogens with one attached hydrogen (secondary N) is 1. The first-order chi connectivity index (χ1) is 7.18. The van der Waals surface area contributed by atoms with Crippen molar-refractivity contribution in [3.63, 3.8) is 0 Å². The van der Waals surface area contributed by atoms with E-state index in [0.29, 0.717) is 11.4 Å². The molecule has 5 nitrogen and oxygen atoms in total. The molecule has 1 amide bonds. The summed E-state index contributed by atoms with van der Waals surface area (Å²) in [5.41, 5.74) is 6.94. The molecule has 1 aliphatic heterocycles. The third-order valence-electron chi connectivity index (χ3n) is 2.65. The summed E-state index contributed by atoms with van der Waals surface area (Å²) in [5.74, 6) is 0.0655. The average molecular weight is 208 g/mol. The van der Waals surface area contributed by atoms with E-state index in [1.807, 2.05) is 11.9 Å². The van der Waals surface area contributed by atoms with Gasteiger partial charge in [-0.2, -0.15) is 0 Å².